The fraction of sp³-hybridized carbons (Fsp3) is 0.579. The highest BCUT2D eigenvalue weighted by Gasteiger charge is 2.37. The number of hydrogen-bond donors (Lipinski definition) is 2. The van der Waals surface area contributed by atoms with Crippen LogP contribution in [0.3, 0.4) is 0 Å². The van der Waals surface area contributed by atoms with Crippen LogP contribution in [-0.4, -0.2) is 41.0 Å². The summed E-state index contributed by atoms with van der Waals surface area (Å²) in [5.41, 5.74) is 2.53. The number of benzene rings is 1. The van der Waals surface area contributed by atoms with Gasteiger partial charge in [-0.3, -0.25) is 9.59 Å². The Labute approximate surface area is 144 Å². The fourth-order valence-corrected chi connectivity index (χ4v) is 3.06. The van der Waals surface area contributed by atoms with Crippen LogP contribution in [0.2, 0.25) is 0 Å². The number of carboxylic acids is 1. The molecule has 1 unspecified atom stereocenters. The van der Waals surface area contributed by atoms with Gasteiger partial charge < -0.3 is 15.3 Å². The summed E-state index contributed by atoms with van der Waals surface area (Å²) >= 11 is 0. The van der Waals surface area contributed by atoms with Crippen LogP contribution in [-0.2, 0) is 4.79 Å². The van der Waals surface area contributed by atoms with Gasteiger partial charge in [0.25, 0.3) is 5.91 Å². The van der Waals surface area contributed by atoms with E-state index in [0.29, 0.717) is 24.1 Å². The average Bonchev–Trinajstić information content (AvgIpc) is 2.90. The van der Waals surface area contributed by atoms with Gasteiger partial charge in [0.2, 0.25) is 0 Å². The molecule has 1 aliphatic heterocycles. The van der Waals surface area contributed by atoms with E-state index in [-0.39, 0.29) is 18.4 Å². The van der Waals surface area contributed by atoms with Crippen molar-refractivity contribution in [2.75, 3.05) is 18.4 Å². The molecule has 1 amide bonds. The Morgan fingerprint density at radius 3 is 2.46 bits per heavy atom. The molecule has 1 fully saturated rings. The first-order chi connectivity index (χ1) is 11.2. The van der Waals surface area contributed by atoms with E-state index >= 15 is 0 Å². The molecule has 3 atom stereocenters. The SMILES string of the molecule is Cc1c(NC(C)C(C)C)cccc1C(=O)N1C[C@@H](C)[C@H](C(=O)O)C1. The van der Waals surface area contributed by atoms with Gasteiger partial charge in [-0.05, 0) is 43.4 Å². The van der Waals surface area contributed by atoms with Crippen LogP contribution >= 0.6 is 0 Å². The summed E-state index contributed by atoms with van der Waals surface area (Å²) in [5, 5.41) is 12.7. The van der Waals surface area contributed by atoms with Crippen LogP contribution in [0.25, 0.3) is 0 Å². The van der Waals surface area contributed by atoms with Crippen molar-refractivity contribution in [3.05, 3.63) is 29.3 Å². The van der Waals surface area contributed by atoms with Crippen LogP contribution in [0, 0.1) is 24.7 Å². The number of carbonyl (C=O) groups is 2. The zero-order valence-electron chi connectivity index (χ0n) is 15.2. The lowest BCUT2D eigenvalue weighted by atomic mass is 9.99. The van der Waals surface area contributed by atoms with Gasteiger partial charge in [-0.25, -0.2) is 0 Å². The van der Waals surface area contributed by atoms with E-state index < -0.39 is 11.9 Å². The molecule has 0 spiro atoms. The van der Waals surface area contributed by atoms with Gasteiger partial charge in [0.15, 0.2) is 0 Å². The molecule has 0 aromatic heterocycles. The van der Waals surface area contributed by atoms with E-state index in [2.05, 4.69) is 26.1 Å². The number of amides is 1. The van der Waals surface area contributed by atoms with Gasteiger partial charge in [0.05, 0.1) is 5.92 Å². The normalized spacial score (nSPS) is 21.8. The lowest BCUT2D eigenvalue weighted by molar-refractivity contribution is -0.142. The summed E-state index contributed by atoms with van der Waals surface area (Å²) in [6, 6.07) is 5.99. The Morgan fingerprint density at radius 2 is 1.92 bits per heavy atom. The lowest BCUT2D eigenvalue weighted by Gasteiger charge is -2.23. The minimum atomic E-state index is -0.823. The van der Waals surface area contributed by atoms with Crippen molar-refractivity contribution in [3.63, 3.8) is 0 Å². The Bertz CT molecular complexity index is 627. The number of rotatable bonds is 5. The molecule has 1 aromatic carbocycles. The van der Waals surface area contributed by atoms with Crippen molar-refractivity contribution in [1.82, 2.24) is 4.90 Å². The summed E-state index contributed by atoms with van der Waals surface area (Å²) in [6.07, 6.45) is 0. The number of nitrogens with one attached hydrogen (secondary N) is 1. The molecule has 1 aliphatic rings. The maximum Gasteiger partial charge on any atom is 0.308 e. The monoisotopic (exact) mass is 332 g/mol. The molecule has 0 bridgehead atoms. The van der Waals surface area contributed by atoms with Gasteiger partial charge in [-0.15, -0.1) is 0 Å². The minimum Gasteiger partial charge on any atom is -0.481 e. The number of hydrogen-bond acceptors (Lipinski definition) is 3. The molecule has 5 nitrogen and oxygen atoms in total. The number of carboxylic acid groups (broad SMARTS) is 1. The predicted octanol–water partition coefficient (Wildman–Crippen LogP) is 3.24. The third-order valence-electron chi connectivity index (χ3n) is 5.16. The van der Waals surface area contributed by atoms with Crippen molar-refractivity contribution in [2.24, 2.45) is 17.8 Å². The summed E-state index contributed by atoms with van der Waals surface area (Å²) in [4.78, 5) is 25.8. The van der Waals surface area contributed by atoms with Crippen LogP contribution < -0.4 is 5.32 Å². The van der Waals surface area contributed by atoms with Crippen molar-refractivity contribution < 1.29 is 14.7 Å². The predicted molar refractivity (Wildman–Crippen MR) is 95.3 cm³/mol. The minimum absolute atomic E-state index is 0.0194. The summed E-state index contributed by atoms with van der Waals surface area (Å²) < 4.78 is 0. The molecule has 24 heavy (non-hydrogen) atoms. The first-order valence-electron chi connectivity index (χ1n) is 8.60. The van der Waals surface area contributed by atoms with Gasteiger partial charge in [0.1, 0.15) is 0 Å². The number of anilines is 1. The van der Waals surface area contributed by atoms with Crippen LogP contribution in [0.15, 0.2) is 18.2 Å². The van der Waals surface area contributed by atoms with E-state index in [1.807, 2.05) is 32.0 Å². The molecular weight excluding hydrogens is 304 g/mol. The first-order valence-corrected chi connectivity index (χ1v) is 8.60. The Hall–Kier alpha value is -2.04. The number of aliphatic carboxylic acids is 1. The molecule has 132 valence electrons. The Morgan fingerprint density at radius 1 is 1.25 bits per heavy atom. The first kappa shape index (κ1) is 18.3. The van der Waals surface area contributed by atoms with Gasteiger partial charge in [-0.2, -0.15) is 0 Å². The highest BCUT2D eigenvalue weighted by molar-refractivity contribution is 5.97. The maximum absolute atomic E-state index is 12.9. The zero-order valence-corrected chi connectivity index (χ0v) is 15.2. The van der Waals surface area contributed by atoms with Crippen molar-refractivity contribution >= 4 is 17.6 Å². The maximum atomic E-state index is 12.9. The van der Waals surface area contributed by atoms with Gasteiger partial charge in [-0.1, -0.05) is 26.8 Å². The van der Waals surface area contributed by atoms with Crippen LogP contribution in [0.5, 0.6) is 0 Å². The van der Waals surface area contributed by atoms with Crippen LogP contribution in [0.4, 0.5) is 5.69 Å². The molecule has 1 saturated heterocycles. The second-order valence-electron chi connectivity index (χ2n) is 7.29. The summed E-state index contributed by atoms with van der Waals surface area (Å²) in [7, 11) is 0. The third-order valence-corrected chi connectivity index (χ3v) is 5.16. The zero-order chi connectivity index (χ0) is 18.0. The number of carbonyl (C=O) groups excluding carboxylic acids is 1. The van der Waals surface area contributed by atoms with Crippen molar-refractivity contribution in [2.45, 2.75) is 40.7 Å². The smallest absolute Gasteiger partial charge is 0.308 e. The van der Waals surface area contributed by atoms with E-state index in [4.69, 9.17) is 0 Å². The molecule has 0 saturated carbocycles. The lowest BCUT2D eigenvalue weighted by Crippen LogP contribution is -2.31. The third kappa shape index (κ3) is 3.71. The molecule has 2 N–H and O–H groups in total. The molecule has 5 heteroatoms. The van der Waals surface area contributed by atoms with E-state index in [0.717, 1.165) is 11.3 Å². The second-order valence-corrected chi connectivity index (χ2v) is 7.29. The molecule has 0 aliphatic carbocycles. The average molecular weight is 332 g/mol. The second kappa shape index (κ2) is 7.24. The Balaban J connectivity index is 2.20. The highest BCUT2D eigenvalue weighted by Crippen LogP contribution is 2.27. The van der Waals surface area contributed by atoms with E-state index in [1.54, 1.807) is 4.90 Å². The standard InChI is InChI=1S/C19H28N2O3/c1-11(2)14(5)20-17-8-6-7-15(13(17)4)18(22)21-9-12(3)16(10-21)19(23)24/h6-8,11-12,14,16,20H,9-10H2,1-5H3,(H,23,24)/t12-,14?,16-/m1/s1. The summed E-state index contributed by atoms with van der Waals surface area (Å²) in [5.74, 6) is -0.912. The molecule has 0 radical (unpaired) electrons. The van der Waals surface area contributed by atoms with E-state index in [9.17, 15) is 14.7 Å². The van der Waals surface area contributed by atoms with Crippen LogP contribution in [0.1, 0.15) is 43.6 Å². The van der Waals surface area contributed by atoms with Crippen molar-refractivity contribution in [3.8, 4) is 0 Å². The molecular formula is C19H28N2O3. The highest BCUT2D eigenvalue weighted by atomic mass is 16.4. The number of nitrogens with zero attached hydrogens (tertiary/aromatic N) is 1. The molecule has 1 heterocycles. The number of likely N-dealkylation sites (tertiary alicyclic amines) is 1. The molecule has 2 rings (SSSR count). The van der Waals surface area contributed by atoms with Crippen molar-refractivity contribution in [1.29, 1.82) is 0 Å². The largest absolute Gasteiger partial charge is 0.481 e. The Kier molecular flexibility index (Phi) is 5.52. The fourth-order valence-electron chi connectivity index (χ4n) is 3.06. The topological polar surface area (TPSA) is 69.6 Å². The van der Waals surface area contributed by atoms with Gasteiger partial charge in [0, 0.05) is 30.4 Å². The van der Waals surface area contributed by atoms with Gasteiger partial charge >= 0.3 is 5.97 Å². The van der Waals surface area contributed by atoms with E-state index in [1.165, 1.54) is 0 Å². The quantitative estimate of drug-likeness (QED) is 0.868. The molecule has 1 aromatic rings. The summed E-state index contributed by atoms with van der Waals surface area (Å²) in [6.45, 7) is 11.0.